The number of hydrogen-bond acceptors (Lipinski definition) is 1. The summed E-state index contributed by atoms with van der Waals surface area (Å²) >= 11 is 0. The molecule has 106 valence electrons. The monoisotopic (exact) mass is 291 g/mol. The van der Waals surface area contributed by atoms with Crippen molar-refractivity contribution in [1.29, 1.82) is 0 Å². The van der Waals surface area contributed by atoms with E-state index >= 15 is 0 Å². The topological polar surface area (TPSA) is 29.4 Å². The Balaban J connectivity index is 2.98. The van der Waals surface area contributed by atoms with E-state index in [-0.39, 0.29) is 5.56 Å². The van der Waals surface area contributed by atoms with Crippen LogP contribution in [-0.4, -0.2) is 15.2 Å². The number of alkyl halides is 3. The quantitative estimate of drug-likeness (QED) is 0.760. The van der Waals surface area contributed by atoms with Gasteiger partial charge in [0.2, 0.25) is 0 Å². The van der Waals surface area contributed by atoms with Crippen LogP contribution in [0.4, 0.5) is 13.2 Å². The Morgan fingerprint density at radius 2 is 1.79 bits per heavy atom. The van der Waals surface area contributed by atoms with Crippen LogP contribution in [-0.2, 0) is 17.2 Å². The number of halogens is 3. The third-order valence-electron chi connectivity index (χ3n) is 2.38. The Hall–Kier alpha value is -1.17. The molecule has 0 unspecified atom stereocenters. The van der Waals surface area contributed by atoms with E-state index in [9.17, 15) is 17.4 Å². The summed E-state index contributed by atoms with van der Waals surface area (Å²) in [7, 11) is -1.42. The van der Waals surface area contributed by atoms with Crippen molar-refractivity contribution < 1.29 is 17.4 Å². The first-order valence-corrected chi connectivity index (χ1v) is 6.76. The molecule has 0 saturated carbocycles. The zero-order valence-electron chi connectivity index (χ0n) is 11.2. The summed E-state index contributed by atoms with van der Waals surface area (Å²) in [6, 6.07) is 3.71. The van der Waals surface area contributed by atoms with Gasteiger partial charge in [-0.3, -0.25) is 0 Å². The first kappa shape index (κ1) is 15.9. The van der Waals surface area contributed by atoms with Gasteiger partial charge in [0.05, 0.1) is 10.3 Å². The fourth-order valence-corrected chi connectivity index (χ4v) is 1.89. The second-order valence-corrected chi connectivity index (χ2v) is 7.10. The van der Waals surface area contributed by atoms with Crippen LogP contribution >= 0.6 is 0 Å². The van der Waals surface area contributed by atoms with E-state index < -0.39 is 27.5 Å². The predicted molar refractivity (Wildman–Crippen MR) is 71.7 cm³/mol. The van der Waals surface area contributed by atoms with Gasteiger partial charge in [0.15, 0.2) is 0 Å². The molecule has 2 nitrogen and oxygen atoms in total. The highest BCUT2D eigenvalue weighted by molar-refractivity contribution is 7.85. The van der Waals surface area contributed by atoms with Gasteiger partial charge in [0, 0.05) is 6.21 Å². The molecule has 0 fully saturated rings. The molecule has 0 N–H and O–H groups in total. The van der Waals surface area contributed by atoms with Crippen LogP contribution in [0.3, 0.4) is 0 Å². The lowest BCUT2D eigenvalue weighted by molar-refractivity contribution is -0.138. The molecule has 0 amide bonds. The first-order chi connectivity index (χ1) is 8.51. The highest BCUT2D eigenvalue weighted by Crippen LogP contribution is 2.31. The van der Waals surface area contributed by atoms with Crippen LogP contribution in [0.2, 0.25) is 0 Å². The standard InChI is InChI=1S/C13H16F3NOS/c1-9-7-10(5-6-11(9)13(14,15)16)8-17-19(18)12(2,3)4/h5-8H,1-4H3/t19-/m0/s1. The second kappa shape index (κ2) is 5.45. The maximum atomic E-state index is 12.6. The third kappa shape index (κ3) is 4.45. The molecule has 6 heteroatoms. The minimum atomic E-state index is -4.35. The smallest absolute Gasteiger partial charge is 0.234 e. The molecule has 0 aliphatic rings. The van der Waals surface area contributed by atoms with E-state index in [4.69, 9.17) is 0 Å². The van der Waals surface area contributed by atoms with Crippen LogP contribution < -0.4 is 0 Å². The Kier molecular flexibility index (Phi) is 4.55. The average molecular weight is 291 g/mol. The van der Waals surface area contributed by atoms with Gasteiger partial charge < -0.3 is 0 Å². The zero-order valence-corrected chi connectivity index (χ0v) is 12.0. The molecular weight excluding hydrogens is 275 g/mol. The highest BCUT2D eigenvalue weighted by atomic mass is 32.2. The fourth-order valence-electron chi connectivity index (χ4n) is 1.35. The summed E-state index contributed by atoms with van der Waals surface area (Å²) in [6.07, 6.45) is -3.01. The van der Waals surface area contributed by atoms with Crippen molar-refractivity contribution in [2.24, 2.45) is 4.40 Å². The summed E-state index contributed by atoms with van der Waals surface area (Å²) in [5.74, 6) is 0. The number of hydrogen-bond donors (Lipinski definition) is 0. The summed E-state index contributed by atoms with van der Waals surface area (Å²) in [4.78, 5) is 0. The van der Waals surface area contributed by atoms with Crippen LogP contribution in [0.25, 0.3) is 0 Å². The normalized spacial score (nSPS) is 14.9. The molecule has 0 spiro atoms. The molecule has 19 heavy (non-hydrogen) atoms. The van der Waals surface area contributed by atoms with E-state index in [1.54, 1.807) is 20.8 Å². The van der Waals surface area contributed by atoms with Gasteiger partial charge in [0.25, 0.3) is 0 Å². The lowest BCUT2D eigenvalue weighted by atomic mass is 10.1. The largest absolute Gasteiger partial charge is 0.416 e. The molecule has 1 aromatic rings. The maximum Gasteiger partial charge on any atom is 0.416 e. The van der Waals surface area contributed by atoms with E-state index in [1.807, 2.05) is 0 Å². The second-order valence-electron chi connectivity index (χ2n) is 5.17. The average Bonchev–Trinajstić information content (AvgIpc) is 2.22. The molecular formula is C13H16F3NOS. The summed E-state index contributed by atoms with van der Waals surface area (Å²) in [5, 5.41) is 0. The van der Waals surface area contributed by atoms with Gasteiger partial charge in [-0.05, 0) is 51.0 Å². The lowest BCUT2D eigenvalue weighted by Crippen LogP contribution is -2.19. The third-order valence-corrected chi connectivity index (χ3v) is 3.72. The van der Waals surface area contributed by atoms with Crippen molar-refractivity contribution in [2.45, 2.75) is 38.6 Å². The van der Waals surface area contributed by atoms with E-state index in [1.165, 1.54) is 25.3 Å². The molecule has 1 rings (SSSR count). The minimum Gasteiger partial charge on any atom is -0.234 e. The molecule has 0 aliphatic carbocycles. The van der Waals surface area contributed by atoms with Crippen LogP contribution in [0.5, 0.6) is 0 Å². The molecule has 0 saturated heterocycles. The van der Waals surface area contributed by atoms with Crippen LogP contribution in [0, 0.1) is 6.92 Å². The van der Waals surface area contributed by atoms with E-state index in [2.05, 4.69) is 4.40 Å². The van der Waals surface area contributed by atoms with Crippen molar-refractivity contribution in [3.8, 4) is 0 Å². The minimum absolute atomic E-state index is 0.123. The molecule has 0 aliphatic heterocycles. The van der Waals surface area contributed by atoms with Crippen molar-refractivity contribution in [1.82, 2.24) is 0 Å². The number of rotatable bonds is 2. The highest BCUT2D eigenvalue weighted by Gasteiger charge is 2.32. The number of benzene rings is 1. The Bertz CT molecular complexity index is 516. The molecule has 1 aromatic carbocycles. The molecule has 1 atom stereocenters. The Labute approximate surface area is 113 Å². The molecule has 0 aromatic heterocycles. The lowest BCUT2D eigenvalue weighted by Gasteiger charge is -2.13. The fraction of sp³-hybridized carbons (Fsp3) is 0.462. The van der Waals surface area contributed by atoms with Crippen molar-refractivity contribution in [2.75, 3.05) is 0 Å². The molecule has 0 radical (unpaired) electrons. The van der Waals surface area contributed by atoms with Crippen LogP contribution in [0.15, 0.2) is 22.6 Å². The summed E-state index contributed by atoms with van der Waals surface area (Å²) in [6.45, 7) is 6.72. The Morgan fingerprint density at radius 3 is 2.21 bits per heavy atom. The van der Waals surface area contributed by atoms with Gasteiger partial charge in [-0.2, -0.15) is 17.6 Å². The number of aryl methyl sites for hydroxylation is 1. The predicted octanol–water partition coefficient (Wildman–Crippen LogP) is 3.89. The van der Waals surface area contributed by atoms with Gasteiger partial charge >= 0.3 is 6.18 Å². The molecule has 0 bridgehead atoms. The van der Waals surface area contributed by atoms with Crippen LogP contribution in [0.1, 0.15) is 37.5 Å². The van der Waals surface area contributed by atoms with Crippen molar-refractivity contribution >= 4 is 17.2 Å². The number of nitrogens with zero attached hydrogens (tertiary/aromatic N) is 1. The summed E-state index contributed by atoms with van der Waals surface area (Å²) in [5.41, 5.74) is -0.0392. The van der Waals surface area contributed by atoms with Gasteiger partial charge in [-0.1, -0.05) is 6.07 Å². The zero-order chi connectivity index (χ0) is 14.8. The van der Waals surface area contributed by atoms with Gasteiger partial charge in [-0.15, -0.1) is 0 Å². The van der Waals surface area contributed by atoms with E-state index in [0.29, 0.717) is 5.56 Å². The van der Waals surface area contributed by atoms with Gasteiger partial charge in [-0.25, -0.2) is 4.21 Å². The summed E-state index contributed by atoms with van der Waals surface area (Å²) < 4.78 is 52.8. The SMILES string of the molecule is Cc1cc(C=N[S@@](=O)C(C)(C)C)ccc1C(F)(F)F. The Morgan fingerprint density at radius 1 is 1.21 bits per heavy atom. The van der Waals surface area contributed by atoms with Crippen molar-refractivity contribution in [3.05, 3.63) is 34.9 Å². The molecule has 0 heterocycles. The van der Waals surface area contributed by atoms with Gasteiger partial charge in [0.1, 0.15) is 11.0 Å². The maximum absolute atomic E-state index is 12.6. The van der Waals surface area contributed by atoms with E-state index in [0.717, 1.165) is 6.07 Å². The first-order valence-electron chi connectivity index (χ1n) is 5.66. The van der Waals surface area contributed by atoms with Crippen molar-refractivity contribution in [3.63, 3.8) is 0 Å².